The molecule has 5 nitrogen and oxygen atoms in total. The molecule has 1 aliphatic carbocycles. The number of hydrogen-bond acceptors (Lipinski definition) is 4. The highest BCUT2D eigenvalue weighted by Crippen LogP contribution is 2.42. The molecule has 2 unspecified atom stereocenters. The third-order valence-corrected chi connectivity index (χ3v) is 7.16. The molecule has 2 aromatic heterocycles. The monoisotopic (exact) mass is 421 g/mol. The zero-order valence-corrected chi connectivity index (χ0v) is 17.2. The highest BCUT2D eigenvalue weighted by Gasteiger charge is 2.38. The molecule has 2 aromatic rings. The summed E-state index contributed by atoms with van der Waals surface area (Å²) < 4.78 is 0. The van der Waals surface area contributed by atoms with Crippen molar-refractivity contribution in [2.24, 2.45) is 11.8 Å². The Hall–Kier alpha value is -2.73. The Morgan fingerprint density at radius 1 is 1.30 bits per heavy atom. The van der Waals surface area contributed by atoms with Crippen molar-refractivity contribution >= 4 is 40.6 Å². The molecule has 0 spiro atoms. The number of rotatable bonds is 3. The van der Waals surface area contributed by atoms with Gasteiger partial charge in [-0.2, -0.15) is 0 Å². The van der Waals surface area contributed by atoms with E-state index in [1.807, 2.05) is 28.4 Å². The van der Waals surface area contributed by atoms with Gasteiger partial charge in [0.2, 0.25) is 11.8 Å². The van der Waals surface area contributed by atoms with Crippen LogP contribution in [0.1, 0.15) is 41.8 Å². The summed E-state index contributed by atoms with van der Waals surface area (Å²) in [6, 6.07) is 4.27. The van der Waals surface area contributed by atoms with Crippen molar-refractivity contribution in [1.29, 1.82) is 0 Å². The summed E-state index contributed by atoms with van der Waals surface area (Å²) in [6.45, 7) is 3.76. The van der Waals surface area contributed by atoms with E-state index in [9.17, 15) is 9.59 Å². The summed E-state index contributed by atoms with van der Waals surface area (Å²) in [5.41, 5.74) is 4.69. The van der Waals surface area contributed by atoms with Crippen molar-refractivity contribution in [3.63, 3.8) is 0 Å². The van der Waals surface area contributed by atoms with Crippen molar-refractivity contribution in [1.82, 2.24) is 9.88 Å². The Labute approximate surface area is 181 Å². The van der Waals surface area contributed by atoms with Crippen LogP contribution in [0.15, 0.2) is 35.9 Å². The number of aromatic nitrogens is 1. The van der Waals surface area contributed by atoms with Crippen LogP contribution in [-0.2, 0) is 16.0 Å². The molecular formula is C24H27N3O2S. The number of hydrogen-bond donors (Lipinski definition) is 1. The first-order chi connectivity index (χ1) is 14.0. The number of amides is 2. The molecule has 156 valence electrons. The Morgan fingerprint density at radius 3 is 2.93 bits per heavy atom. The summed E-state index contributed by atoms with van der Waals surface area (Å²) in [4.78, 5) is 31.8. The molecule has 1 saturated heterocycles. The zero-order chi connectivity index (χ0) is 20.0. The van der Waals surface area contributed by atoms with Gasteiger partial charge in [-0.15, -0.1) is 11.3 Å². The van der Waals surface area contributed by atoms with Crippen LogP contribution in [-0.4, -0.2) is 34.8 Å². The van der Waals surface area contributed by atoms with E-state index in [2.05, 4.69) is 34.7 Å². The SMILES string of the molecule is C.Cc1csc(C2=CC3CN(C(=O)/C=C/c4cnc5c(c4)CCC(=O)N5)CC3C2)c1. The minimum Gasteiger partial charge on any atom is -0.338 e. The van der Waals surface area contributed by atoms with Crippen molar-refractivity contribution in [2.45, 2.75) is 33.6 Å². The lowest BCUT2D eigenvalue weighted by molar-refractivity contribution is -0.125. The summed E-state index contributed by atoms with van der Waals surface area (Å²) in [5.74, 6) is 1.72. The number of allylic oxidation sites excluding steroid dienone is 1. The molecule has 2 amide bonds. The smallest absolute Gasteiger partial charge is 0.246 e. The number of thiophene rings is 1. The number of likely N-dealkylation sites (tertiary alicyclic amines) is 1. The van der Waals surface area contributed by atoms with E-state index in [1.165, 1.54) is 16.0 Å². The van der Waals surface area contributed by atoms with Gasteiger partial charge in [-0.1, -0.05) is 13.5 Å². The van der Waals surface area contributed by atoms with Crippen LogP contribution in [0.5, 0.6) is 0 Å². The van der Waals surface area contributed by atoms with Crippen LogP contribution in [0, 0.1) is 18.8 Å². The molecule has 2 aliphatic heterocycles. The van der Waals surface area contributed by atoms with Gasteiger partial charge in [0, 0.05) is 36.7 Å². The van der Waals surface area contributed by atoms with Crippen LogP contribution in [0.25, 0.3) is 11.6 Å². The molecular weight excluding hydrogens is 394 g/mol. The number of aryl methyl sites for hydroxylation is 2. The minimum atomic E-state index is 0. The summed E-state index contributed by atoms with van der Waals surface area (Å²) in [7, 11) is 0. The van der Waals surface area contributed by atoms with E-state index in [1.54, 1.807) is 12.3 Å². The zero-order valence-electron chi connectivity index (χ0n) is 16.4. The molecule has 1 fully saturated rings. The molecule has 30 heavy (non-hydrogen) atoms. The van der Waals surface area contributed by atoms with Gasteiger partial charge in [-0.05, 0) is 77.5 Å². The number of pyridine rings is 1. The molecule has 2 atom stereocenters. The van der Waals surface area contributed by atoms with Crippen molar-refractivity contribution in [2.75, 3.05) is 18.4 Å². The van der Waals surface area contributed by atoms with E-state index in [0.717, 1.165) is 30.6 Å². The van der Waals surface area contributed by atoms with Gasteiger partial charge in [0.1, 0.15) is 5.82 Å². The fourth-order valence-electron chi connectivity index (χ4n) is 4.51. The quantitative estimate of drug-likeness (QED) is 0.740. The number of carbonyl (C=O) groups is 2. The largest absolute Gasteiger partial charge is 0.338 e. The average Bonchev–Trinajstić information content (AvgIpc) is 3.40. The van der Waals surface area contributed by atoms with E-state index in [4.69, 9.17) is 0 Å². The molecule has 5 rings (SSSR count). The maximum Gasteiger partial charge on any atom is 0.246 e. The Kier molecular flexibility index (Phi) is 5.60. The number of carbonyl (C=O) groups excluding carboxylic acids is 2. The van der Waals surface area contributed by atoms with E-state index in [-0.39, 0.29) is 19.2 Å². The Balaban J connectivity index is 0.00000218. The first-order valence-electron chi connectivity index (χ1n) is 10.1. The minimum absolute atomic E-state index is 0. The molecule has 0 radical (unpaired) electrons. The van der Waals surface area contributed by atoms with Gasteiger partial charge < -0.3 is 10.2 Å². The predicted molar refractivity (Wildman–Crippen MR) is 122 cm³/mol. The van der Waals surface area contributed by atoms with Gasteiger partial charge in [-0.25, -0.2) is 4.98 Å². The second-order valence-electron chi connectivity index (χ2n) is 8.21. The number of anilines is 1. The third-order valence-electron chi connectivity index (χ3n) is 6.03. The second kappa shape index (κ2) is 8.19. The van der Waals surface area contributed by atoms with E-state index in [0.29, 0.717) is 30.5 Å². The van der Waals surface area contributed by atoms with Crippen molar-refractivity contribution in [3.05, 3.63) is 57.4 Å². The normalized spacial score (nSPS) is 22.4. The summed E-state index contributed by atoms with van der Waals surface area (Å²) in [6.07, 6.45) is 9.81. The van der Waals surface area contributed by atoms with Gasteiger partial charge in [0.25, 0.3) is 0 Å². The summed E-state index contributed by atoms with van der Waals surface area (Å²) >= 11 is 1.82. The van der Waals surface area contributed by atoms with Gasteiger partial charge in [0.15, 0.2) is 0 Å². The van der Waals surface area contributed by atoms with Crippen LogP contribution in [0.4, 0.5) is 5.82 Å². The molecule has 0 aromatic carbocycles. The van der Waals surface area contributed by atoms with Crippen LogP contribution in [0.3, 0.4) is 0 Å². The third kappa shape index (κ3) is 3.97. The highest BCUT2D eigenvalue weighted by molar-refractivity contribution is 7.11. The van der Waals surface area contributed by atoms with Crippen molar-refractivity contribution < 1.29 is 9.59 Å². The first kappa shape index (κ1) is 20.5. The van der Waals surface area contributed by atoms with E-state index < -0.39 is 0 Å². The lowest BCUT2D eigenvalue weighted by Gasteiger charge is -2.16. The second-order valence-corrected chi connectivity index (χ2v) is 9.12. The summed E-state index contributed by atoms with van der Waals surface area (Å²) in [5, 5.41) is 4.98. The van der Waals surface area contributed by atoms with Crippen LogP contribution >= 0.6 is 11.3 Å². The van der Waals surface area contributed by atoms with Crippen LogP contribution in [0.2, 0.25) is 0 Å². The maximum atomic E-state index is 12.7. The molecule has 6 heteroatoms. The molecule has 1 N–H and O–H groups in total. The number of nitrogens with zero attached hydrogens (tertiary/aromatic N) is 2. The topological polar surface area (TPSA) is 62.3 Å². The standard InChI is InChI=1S/C23H23N3O2S.CH4/c1-14-6-20(29-13-14)17-8-18-11-26(12-19(18)9-17)22(28)5-2-15-7-16-3-4-21(27)25-23(16)24-10-15;/h2,5-8,10,13,18-19H,3-4,9,11-12H2,1H3,(H,24,25,27);1H4/b5-2+;. The highest BCUT2D eigenvalue weighted by atomic mass is 32.1. The first-order valence-corrected chi connectivity index (χ1v) is 10.9. The Morgan fingerprint density at radius 2 is 2.17 bits per heavy atom. The van der Waals surface area contributed by atoms with Gasteiger partial charge in [-0.3, -0.25) is 9.59 Å². The van der Waals surface area contributed by atoms with Crippen molar-refractivity contribution in [3.8, 4) is 0 Å². The number of nitrogens with one attached hydrogen (secondary N) is 1. The van der Waals surface area contributed by atoms with Gasteiger partial charge >= 0.3 is 0 Å². The van der Waals surface area contributed by atoms with E-state index >= 15 is 0 Å². The molecule has 4 heterocycles. The van der Waals surface area contributed by atoms with Crippen LogP contribution < -0.4 is 5.32 Å². The number of fused-ring (bicyclic) bond motifs is 2. The Bertz CT molecular complexity index is 1050. The fraction of sp³-hybridized carbons (Fsp3) is 0.375. The fourth-order valence-corrected chi connectivity index (χ4v) is 5.45. The maximum absolute atomic E-state index is 12.7. The van der Waals surface area contributed by atoms with Gasteiger partial charge in [0.05, 0.1) is 0 Å². The molecule has 3 aliphatic rings. The molecule has 0 bridgehead atoms. The lowest BCUT2D eigenvalue weighted by Crippen LogP contribution is -2.27. The predicted octanol–water partition coefficient (Wildman–Crippen LogP) is 4.55. The average molecular weight is 422 g/mol. The lowest BCUT2D eigenvalue weighted by atomic mass is 10.00. The molecule has 0 saturated carbocycles.